The Hall–Kier alpha value is -3.06. The van der Waals surface area contributed by atoms with E-state index in [-0.39, 0.29) is 12.1 Å². The van der Waals surface area contributed by atoms with Crippen molar-refractivity contribution in [2.45, 2.75) is 12.6 Å². The Balaban J connectivity index is 1.68. The van der Waals surface area contributed by atoms with Gasteiger partial charge in [0.1, 0.15) is 12.4 Å². The van der Waals surface area contributed by atoms with Crippen molar-refractivity contribution in [3.05, 3.63) is 65.2 Å². The molecule has 0 radical (unpaired) electrons. The molecule has 0 aliphatic carbocycles. The zero-order chi connectivity index (χ0) is 20.2. The maximum atomic E-state index is 13.4. The molecule has 2 amide bonds. The van der Waals surface area contributed by atoms with Crippen molar-refractivity contribution in [2.24, 2.45) is 0 Å². The number of esters is 1. The molecule has 0 unspecified atom stereocenters. The molecule has 152 valence electrons. The van der Waals surface area contributed by atoms with Crippen LogP contribution in [0.5, 0.6) is 5.75 Å². The Kier molecular flexibility index (Phi) is 5.67. The molecule has 29 heavy (non-hydrogen) atoms. The smallest absolute Gasteiger partial charge is 0.337 e. The quantitative estimate of drug-likeness (QED) is 0.731. The van der Waals surface area contributed by atoms with Crippen molar-refractivity contribution >= 4 is 12.0 Å². The summed E-state index contributed by atoms with van der Waals surface area (Å²) in [5.74, 6) is 0.188. The summed E-state index contributed by atoms with van der Waals surface area (Å²) in [6.45, 7) is 2.94. The van der Waals surface area contributed by atoms with Crippen LogP contribution in [0.3, 0.4) is 0 Å². The molecule has 0 bridgehead atoms. The predicted octanol–water partition coefficient (Wildman–Crippen LogP) is 2.86. The summed E-state index contributed by atoms with van der Waals surface area (Å²) >= 11 is 0. The zero-order valence-electron chi connectivity index (χ0n) is 16.4. The SMILES string of the molecule is COC(=O)c1ccc2c(c1)OC[C@H](c1ccccc1)N(C(=O)N1CCOCC1)C2. The highest BCUT2D eigenvalue weighted by Gasteiger charge is 2.33. The topological polar surface area (TPSA) is 68.3 Å². The van der Waals surface area contributed by atoms with Crippen molar-refractivity contribution in [1.29, 1.82) is 0 Å². The summed E-state index contributed by atoms with van der Waals surface area (Å²) in [5, 5.41) is 0. The van der Waals surface area contributed by atoms with Gasteiger partial charge in [0, 0.05) is 18.7 Å². The third kappa shape index (κ3) is 4.05. The number of benzene rings is 2. The maximum Gasteiger partial charge on any atom is 0.337 e. The molecule has 2 aromatic rings. The summed E-state index contributed by atoms with van der Waals surface area (Å²) in [6.07, 6.45) is 0. The molecule has 1 fully saturated rings. The van der Waals surface area contributed by atoms with Crippen LogP contribution in [0.2, 0.25) is 0 Å². The van der Waals surface area contributed by atoms with Crippen molar-refractivity contribution in [1.82, 2.24) is 9.80 Å². The zero-order valence-corrected chi connectivity index (χ0v) is 16.4. The van der Waals surface area contributed by atoms with Gasteiger partial charge in [-0.15, -0.1) is 0 Å². The molecule has 0 aromatic heterocycles. The van der Waals surface area contributed by atoms with Crippen LogP contribution in [0.4, 0.5) is 4.79 Å². The lowest BCUT2D eigenvalue weighted by Gasteiger charge is -2.36. The molecule has 2 heterocycles. The van der Waals surface area contributed by atoms with Crippen LogP contribution in [-0.4, -0.2) is 61.8 Å². The number of hydrogen-bond donors (Lipinski definition) is 0. The highest BCUT2D eigenvalue weighted by Crippen LogP contribution is 2.33. The molecule has 0 spiro atoms. The number of morpholine rings is 1. The number of urea groups is 1. The normalized spacial score (nSPS) is 19.0. The van der Waals surface area contributed by atoms with Crippen LogP contribution < -0.4 is 4.74 Å². The van der Waals surface area contributed by atoms with E-state index in [4.69, 9.17) is 14.2 Å². The van der Waals surface area contributed by atoms with Gasteiger partial charge in [0.2, 0.25) is 0 Å². The van der Waals surface area contributed by atoms with Crippen LogP contribution >= 0.6 is 0 Å². The highest BCUT2D eigenvalue weighted by atomic mass is 16.5. The van der Waals surface area contributed by atoms with E-state index in [0.717, 1.165) is 11.1 Å². The first-order valence-corrected chi connectivity index (χ1v) is 9.69. The molecule has 2 aliphatic heterocycles. The molecular formula is C22H24N2O5. The average molecular weight is 396 g/mol. The molecular weight excluding hydrogens is 372 g/mol. The van der Waals surface area contributed by atoms with E-state index in [1.807, 2.05) is 46.2 Å². The number of carbonyl (C=O) groups excluding carboxylic acids is 2. The lowest BCUT2D eigenvalue weighted by Crippen LogP contribution is -2.49. The second-order valence-electron chi connectivity index (χ2n) is 7.06. The molecule has 2 aromatic carbocycles. The van der Waals surface area contributed by atoms with Gasteiger partial charge in [0.05, 0.1) is 38.5 Å². The molecule has 1 atom stereocenters. The first-order valence-electron chi connectivity index (χ1n) is 9.69. The van der Waals surface area contributed by atoms with Gasteiger partial charge in [-0.3, -0.25) is 0 Å². The molecule has 7 heteroatoms. The van der Waals surface area contributed by atoms with Crippen LogP contribution in [0, 0.1) is 0 Å². The monoisotopic (exact) mass is 396 g/mol. The van der Waals surface area contributed by atoms with Gasteiger partial charge in [-0.25, -0.2) is 9.59 Å². The Morgan fingerprint density at radius 1 is 1.07 bits per heavy atom. The van der Waals surface area contributed by atoms with E-state index >= 15 is 0 Å². The van der Waals surface area contributed by atoms with Crippen molar-refractivity contribution in [3.63, 3.8) is 0 Å². The van der Waals surface area contributed by atoms with Crippen molar-refractivity contribution in [2.75, 3.05) is 40.0 Å². The number of nitrogens with zero attached hydrogens (tertiary/aromatic N) is 2. The molecule has 4 rings (SSSR count). The first-order chi connectivity index (χ1) is 14.2. The van der Waals surface area contributed by atoms with E-state index in [1.165, 1.54) is 7.11 Å². The van der Waals surface area contributed by atoms with Gasteiger partial charge in [-0.05, 0) is 17.7 Å². The number of amides is 2. The number of rotatable bonds is 2. The minimum absolute atomic E-state index is 0.0318. The van der Waals surface area contributed by atoms with Crippen LogP contribution in [-0.2, 0) is 16.0 Å². The fourth-order valence-corrected chi connectivity index (χ4v) is 3.71. The van der Waals surface area contributed by atoms with Gasteiger partial charge in [-0.2, -0.15) is 0 Å². The predicted molar refractivity (Wildman–Crippen MR) is 106 cm³/mol. The highest BCUT2D eigenvalue weighted by molar-refractivity contribution is 5.90. The maximum absolute atomic E-state index is 13.4. The second-order valence-corrected chi connectivity index (χ2v) is 7.06. The molecule has 0 N–H and O–H groups in total. The largest absolute Gasteiger partial charge is 0.491 e. The molecule has 2 aliphatic rings. The summed E-state index contributed by atoms with van der Waals surface area (Å²) in [7, 11) is 1.35. The lowest BCUT2D eigenvalue weighted by atomic mass is 10.1. The van der Waals surface area contributed by atoms with E-state index in [0.29, 0.717) is 50.8 Å². The Bertz CT molecular complexity index is 880. The fourth-order valence-electron chi connectivity index (χ4n) is 3.71. The van der Waals surface area contributed by atoms with Crippen LogP contribution in [0.15, 0.2) is 48.5 Å². The summed E-state index contributed by atoms with van der Waals surface area (Å²) < 4.78 is 16.3. The average Bonchev–Trinajstić information content (AvgIpc) is 2.98. The third-order valence-electron chi connectivity index (χ3n) is 5.31. The van der Waals surface area contributed by atoms with Gasteiger partial charge >= 0.3 is 12.0 Å². The minimum Gasteiger partial charge on any atom is -0.491 e. The third-order valence-corrected chi connectivity index (χ3v) is 5.31. The minimum atomic E-state index is -0.415. The van der Waals surface area contributed by atoms with Crippen molar-refractivity contribution in [3.8, 4) is 5.75 Å². The molecule has 1 saturated heterocycles. The Labute approximate surface area is 169 Å². The Morgan fingerprint density at radius 2 is 1.83 bits per heavy atom. The van der Waals surface area contributed by atoms with Crippen molar-refractivity contribution < 1.29 is 23.8 Å². The summed E-state index contributed by atoms with van der Waals surface area (Å²) in [5.41, 5.74) is 2.29. The van der Waals surface area contributed by atoms with Gasteiger partial charge in [0.25, 0.3) is 0 Å². The summed E-state index contributed by atoms with van der Waals surface area (Å²) in [4.78, 5) is 29.0. The van der Waals surface area contributed by atoms with E-state index in [1.54, 1.807) is 12.1 Å². The van der Waals surface area contributed by atoms with Gasteiger partial charge < -0.3 is 24.0 Å². The number of fused-ring (bicyclic) bond motifs is 1. The van der Waals surface area contributed by atoms with Gasteiger partial charge in [0.15, 0.2) is 0 Å². The number of methoxy groups -OCH3 is 1. The van der Waals surface area contributed by atoms with Crippen LogP contribution in [0.1, 0.15) is 27.5 Å². The van der Waals surface area contributed by atoms with Gasteiger partial charge in [-0.1, -0.05) is 36.4 Å². The Morgan fingerprint density at radius 3 is 2.55 bits per heavy atom. The van der Waals surface area contributed by atoms with E-state index in [9.17, 15) is 9.59 Å². The number of ether oxygens (including phenoxy) is 3. The second kappa shape index (κ2) is 8.53. The number of hydrogen-bond acceptors (Lipinski definition) is 5. The summed E-state index contributed by atoms with van der Waals surface area (Å²) in [6, 6.07) is 14.8. The standard InChI is InChI=1S/C22H24N2O5/c1-27-21(25)17-7-8-18-14-24(22(26)23-9-11-28-12-10-23)19(15-29-20(18)13-17)16-5-3-2-4-6-16/h2-8,13,19H,9-12,14-15H2,1H3/t19-/m1/s1. The number of carbonyl (C=O) groups is 2. The molecule has 7 nitrogen and oxygen atoms in total. The first kappa shape index (κ1) is 19.3. The van der Waals surface area contributed by atoms with E-state index in [2.05, 4.69) is 0 Å². The van der Waals surface area contributed by atoms with E-state index < -0.39 is 5.97 Å². The lowest BCUT2D eigenvalue weighted by molar-refractivity contribution is 0.0362. The fraction of sp³-hybridized carbons (Fsp3) is 0.364. The van der Waals surface area contributed by atoms with Crippen LogP contribution in [0.25, 0.3) is 0 Å². The molecule has 0 saturated carbocycles.